The van der Waals surface area contributed by atoms with E-state index < -0.39 is 22.1 Å². The first-order valence-electron chi connectivity index (χ1n) is 8.73. The van der Waals surface area contributed by atoms with Gasteiger partial charge in [-0.2, -0.15) is 0 Å². The summed E-state index contributed by atoms with van der Waals surface area (Å²) in [6.07, 6.45) is 3.25. The summed E-state index contributed by atoms with van der Waals surface area (Å²) in [5.41, 5.74) is 0.711. The second kappa shape index (κ2) is 8.06. The number of aryl methyl sites for hydroxylation is 1. The highest BCUT2D eigenvalue weighted by atomic mass is 32.2. The summed E-state index contributed by atoms with van der Waals surface area (Å²) in [5.74, 6) is -0.298. The highest BCUT2D eigenvalue weighted by Gasteiger charge is 2.27. The van der Waals surface area contributed by atoms with Gasteiger partial charge in [0.1, 0.15) is 5.76 Å². The average Bonchev–Trinajstić information content (AvgIpc) is 3.16. The topological polar surface area (TPSA) is 103 Å². The number of benzene rings is 1. The largest absolute Gasteiger partial charge is 0.468 e. The third-order valence-electron chi connectivity index (χ3n) is 4.50. The summed E-state index contributed by atoms with van der Waals surface area (Å²) in [6.45, 7) is 1.69. The van der Waals surface area contributed by atoms with Gasteiger partial charge in [-0.3, -0.25) is 4.79 Å². The van der Waals surface area contributed by atoms with Crippen LogP contribution in [-0.2, 0) is 26.1 Å². The van der Waals surface area contributed by atoms with E-state index in [2.05, 4.69) is 4.72 Å². The number of carbonyl (C=O) groups excluding carboxylic acids is 2. The monoisotopic (exact) mass is 391 g/mol. The van der Waals surface area contributed by atoms with Crippen LogP contribution in [-0.4, -0.2) is 26.3 Å². The molecular weight excluding hydrogens is 370 g/mol. The Labute approximate surface area is 157 Å². The van der Waals surface area contributed by atoms with Crippen molar-refractivity contribution in [3.63, 3.8) is 0 Å². The maximum Gasteiger partial charge on any atom is 0.339 e. The summed E-state index contributed by atoms with van der Waals surface area (Å²) >= 11 is 0. The molecule has 1 atom stereocenters. The van der Waals surface area contributed by atoms with Crippen LogP contribution in [0.5, 0.6) is 0 Å². The maximum absolute atomic E-state index is 12.5. The highest BCUT2D eigenvalue weighted by molar-refractivity contribution is 7.89. The summed E-state index contributed by atoms with van der Waals surface area (Å²) < 4.78 is 37.9. The van der Waals surface area contributed by atoms with Gasteiger partial charge in [-0.15, -0.1) is 0 Å². The molecule has 8 heteroatoms. The molecule has 0 unspecified atom stereocenters. The molecule has 7 nitrogen and oxygen atoms in total. The first-order valence-corrected chi connectivity index (χ1v) is 10.2. The van der Waals surface area contributed by atoms with Gasteiger partial charge in [0, 0.05) is 6.42 Å². The summed E-state index contributed by atoms with van der Waals surface area (Å²) in [6, 6.07) is 7.55. The quantitative estimate of drug-likeness (QED) is 0.760. The second-order valence-electron chi connectivity index (χ2n) is 6.49. The summed E-state index contributed by atoms with van der Waals surface area (Å²) in [7, 11) is -3.84. The minimum atomic E-state index is -3.84. The predicted octanol–water partition coefficient (Wildman–Crippen LogP) is 2.74. The van der Waals surface area contributed by atoms with Crippen LogP contribution in [0.15, 0.2) is 45.9 Å². The van der Waals surface area contributed by atoms with E-state index in [1.54, 1.807) is 25.1 Å². The molecule has 1 saturated carbocycles. The molecule has 2 aromatic rings. The number of Topliss-reactive ketones (excluding diaryl/α,β-unsaturated/α-hetero) is 1. The van der Waals surface area contributed by atoms with Crippen LogP contribution in [0.4, 0.5) is 0 Å². The van der Waals surface area contributed by atoms with E-state index >= 15 is 0 Å². The Kier molecular flexibility index (Phi) is 5.76. The molecule has 0 bridgehead atoms. The van der Waals surface area contributed by atoms with Gasteiger partial charge in [0.15, 0.2) is 11.9 Å². The highest BCUT2D eigenvalue weighted by Crippen LogP contribution is 2.21. The molecule has 1 aromatic carbocycles. The Bertz CT molecular complexity index is 933. The smallest absolute Gasteiger partial charge is 0.339 e. The van der Waals surface area contributed by atoms with Crippen LogP contribution in [0.1, 0.15) is 47.4 Å². The molecule has 1 aromatic heterocycles. The fourth-order valence-electron chi connectivity index (χ4n) is 2.92. The lowest BCUT2D eigenvalue weighted by atomic mass is 9.96. The number of hydrogen-bond donors (Lipinski definition) is 1. The maximum atomic E-state index is 12.5. The number of carbonyl (C=O) groups is 2. The Morgan fingerprint density at radius 3 is 2.81 bits per heavy atom. The van der Waals surface area contributed by atoms with Crippen molar-refractivity contribution in [2.45, 2.75) is 50.2 Å². The Morgan fingerprint density at radius 1 is 1.30 bits per heavy atom. The van der Waals surface area contributed by atoms with E-state index in [1.807, 2.05) is 0 Å². The van der Waals surface area contributed by atoms with Crippen molar-refractivity contribution in [3.05, 3.63) is 53.5 Å². The van der Waals surface area contributed by atoms with E-state index in [9.17, 15) is 18.0 Å². The van der Waals surface area contributed by atoms with Gasteiger partial charge < -0.3 is 9.15 Å². The third kappa shape index (κ3) is 4.64. The molecule has 1 heterocycles. The fraction of sp³-hybridized carbons (Fsp3) is 0.368. The van der Waals surface area contributed by atoms with Gasteiger partial charge in [0.05, 0.1) is 23.3 Å². The molecular formula is C19H21NO6S. The lowest BCUT2D eigenvalue weighted by Gasteiger charge is -2.21. The summed E-state index contributed by atoms with van der Waals surface area (Å²) in [5, 5.41) is 0. The molecule has 0 saturated heterocycles. The standard InChI is InChI=1S/C19H21NO6S/c1-13-8-9-15(27(23,24)20-12-14-5-4-10-25-14)11-16(13)19(22)26-18-7-3-2-6-17(18)21/h4-5,8-11,18,20H,2-3,6-7,12H2,1H3/t18-/m1/s1. The molecule has 0 spiro atoms. The molecule has 1 N–H and O–H groups in total. The zero-order chi connectivity index (χ0) is 19.4. The van der Waals surface area contributed by atoms with Gasteiger partial charge in [-0.25, -0.2) is 17.9 Å². The van der Waals surface area contributed by atoms with Crippen molar-refractivity contribution < 1.29 is 27.2 Å². The lowest BCUT2D eigenvalue weighted by molar-refractivity contribution is -0.129. The Balaban J connectivity index is 1.76. The van der Waals surface area contributed by atoms with Gasteiger partial charge in [-0.05, 0) is 56.0 Å². The number of esters is 1. The molecule has 0 amide bonds. The van der Waals surface area contributed by atoms with Crippen LogP contribution in [0.25, 0.3) is 0 Å². The van der Waals surface area contributed by atoms with E-state index in [4.69, 9.17) is 9.15 Å². The number of ketones is 1. The fourth-order valence-corrected chi connectivity index (χ4v) is 3.94. The molecule has 0 radical (unpaired) electrons. The van der Waals surface area contributed by atoms with Gasteiger partial charge >= 0.3 is 5.97 Å². The van der Waals surface area contributed by atoms with Gasteiger partial charge in [0.25, 0.3) is 0 Å². The average molecular weight is 391 g/mol. The van der Waals surface area contributed by atoms with Crippen molar-refractivity contribution >= 4 is 21.8 Å². The third-order valence-corrected chi connectivity index (χ3v) is 5.90. The minimum Gasteiger partial charge on any atom is -0.468 e. The van der Waals surface area contributed by atoms with Crippen molar-refractivity contribution in [2.24, 2.45) is 0 Å². The predicted molar refractivity (Wildman–Crippen MR) is 96.6 cm³/mol. The van der Waals surface area contributed by atoms with E-state index in [0.717, 1.165) is 12.8 Å². The SMILES string of the molecule is Cc1ccc(S(=O)(=O)NCc2ccco2)cc1C(=O)O[C@@H]1CCCCC1=O. The molecule has 1 fully saturated rings. The number of rotatable bonds is 6. The first-order chi connectivity index (χ1) is 12.9. The van der Waals surface area contributed by atoms with Crippen LogP contribution in [0, 0.1) is 6.92 Å². The zero-order valence-electron chi connectivity index (χ0n) is 14.9. The zero-order valence-corrected chi connectivity index (χ0v) is 15.8. The summed E-state index contributed by atoms with van der Waals surface area (Å²) in [4.78, 5) is 24.3. The van der Waals surface area contributed by atoms with E-state index in [-0.39, 0.29) is 22.8 Å². The number of furan rings is 1. The van der Waals surface area contributed by atoms with Gasteiger partial charge in [0.2, 0.25) is 10.0 Å². The normalized spacial score (nSPS) is 17.7. The van der Waals surface area contributed by atoms with Crippen molar-refractivity contribution in [1.82, 2.24) is 4.72 Å². The molecule has 27 heavy (non-hydrogen) atoms. The number of ether oxygens (including phenoxy) is 1. The first kappa shape index (κ1) is 19.3. The van der Waals surface area contributed by atoms with E-state index in [1.165, 1.54) is 18.4 Å². The van der Waals surface area contributed by atoms with Crippen molar-refractivity contribution in [3.8, 4) is 0 Å². The molecule has 3 rings (SSSR count). The minimum absolute atomic E-state index is 0.000431. The second-order valence-corrected chi connectivity index (χ2v) is 8.25. The van der Waals surface area contributed by atoms with Crippen molar-refractivity contribution in [2.75, 3.05) is 0 Å². The molecule has 1 aliphatic rings. The number of nitrogens with one attached hydrogen (secondary N) is 1. The number of sulfonamides is 1. The van der Waals surface area contributed by atoms with Crippen LogP contribution in [0.2, 0.25) is 0 Å². The van der Waals surface area contributed by atoms with Gasteiger partial charge in [-0.1, -0.05) is 6.07 Å². The van der Waals surface area contributed by atoms with E-state index in [0.29, 0.717) is 24.2 Å². The van der Waals surface area contributed by atoms with Crippen molar-refractivity contribution in [1.29, 1.82) is 0 Å². The Hall–Kier alpha value is -2.45. The van der Waals surface area contributed by atoms with Crippen LogP contribution < -0.4 is 4.72 Å². The molecule has 1 aliphatic carbocycles. The Morgan fingerprint density at radius 2 is 2.11 bits per heavy atom. The lowest BCUT2D eigenvalue weighted by Crippen LogP contribution is -2.30. The molecule has 0 aliphatic heterocycles. The molecule has 144 valence electrons. The number of hydrogen-bond acceptors (Lipinski definition) is 6. The van der Waals surface area contributed by atoms with Crippen LogP contribution >= 0.6 is 0 Å². The van der Waals surface area contributed by atoms with Crippen LogP contribution in [0.3, 0.4) is 0 Å².